The molecule has 0 saturated heterocycles. The number of hydrogen-bond donors (Lipinski definition) is 0. The molecule has 0 aliphatic carbocycles. The summed E-state index contributed by atoms with van der Waals surface area (Å²) in [4.78, 5) is 39.3. The van der Waals surface area contributed by atoms with Crippen LogP contribution in [0, 0.1) is 29.7 Å². The summed E-state index contributed by atoms with van der Waals surface area (Å²) in [6.07, 6.45) is 0. The van der Waals surface area contributed by atoms with E-state index in [0.29, 0.717) is 45.9 Å². The molecule has 10 heteroatoms. The second kappa shape index (κ2) is 13.4. The third-order valence-electron chi connectivity index (χ3n) is 7.33. The van der Waals surface area contributed by atoms with Crippen LogP contribution in [0.1, 0.15) is 0 Å². The third kappa shape index (κ3) is 5.23. The largest absolute Gasteiger partial charge is 0.357 e. The van der Waals surface area contributed by atoms with Crippen LogP contribution in [-0.4, -0.2) is 29.9 Å². The summed E-state index contributed by atoms with van der Waals surface area (Å²) < 4.78 is 8.25. The maximum atomic E-state index is 8.25. The van der Waals surface area contributed by atoms with E-state index in [1.165, 1.54) is 0 Å². The quantitative estimate of drug-likeness (QED) is 0.121. The summed E-state index contributed by atoms with van der Waals surface area (Å²) in [5.41, 5.74) is 5.78. The first-order valence-electron chi connectivity index (χ1n) is 13.1. The maximum Gasteiger partial charge on any atom is 0.0927 e. The van der Waals surface area contributed by atoms with Gasteiger partial charge in [-0.25, -0.2) is 9.97 Å². The Balaban J connectivity index is 0.000000786. The third-order valence-corrected chi connectivity index (χ3v) is 7.33. The molecule has 2 aliphatic rings. The van der Waals surface area contributed by atoms with Crippen molar-refractivity contribution in [3.8, 4) is 45.6 Å². The van der Waals surface area contributed by atoms with Crippen LogP contribution in [0.25, 0.3) is 89.7 Å². The van der Waals surface area contributed by atoms with Gasteiger partial charge in [0, 0.05) is 44.8 Å². The molecular weight excluding hydrogens is 608 g/mol. The number of hydrogen-bond acceptors (Lipinski definition) is 7. The molecule has 0 radical (unpaired) electrons. The summed E-state index contributed by atoms with van der Waals surface area (Å²) in [7, 11) is 0. The summed E-state index contributed by atoms with van der Waals surface area (Å²) >= 11 is 0.750. The standard InChI is InChI=1S/C32H16N8.4CH3.O.Ti/c1-2-10-18-17(9-1)25-33-26(18)38-28-21-13-5-6-14-22(21)30(35-28)40-32-24-16-8-7-15-23(24)31(36-32)39-29-20-12-4-3-11-19(20)27(34-29)37-25;;;;;;/h1-16H;4*1H3;;/q-2;4*-1;;. The first kappa shape index (κ1) is 33.6. The SMILES string of the molecule is [CH3-].[CH3-].[CH3-].[CH3-].[O]=[Ti].c1ccc2c(c1)-c1nc-2nc2[n-]c(nc3nc(nc4[n-]c(n1)c1ccccc41)-c1ccccc1-3)c1ccccc21. The van der Waals surface area contributed by atoms with Crippen molar-refractivity contribution >= 4 is 44.1 Å². The normalized spacial score (nSPS) is 10.5. The van der Waals surface area contributed by atoms with Crippen LogP contribution >= 0.6 is 0 Å². The van der Waals surface area contributed by atoms with Gasteiger partial charge in [0.15, 0.2) is 0 Å². The van der Waals surface area contributed by atoms with Crippen LogP contribution in [0.2, 0.25) is 0 Å². The molecule has 0 unspecified atom stereocenters. The molecule has 0 atom stereocenters. The van der Waals surface area contributed by atoms with Crippen LogP contribution < -0.4 is 9.97 Å². The molecule has 0 fully saturated rings. The predicted octanol–water partition coefficient (Wildman–Crippen LogP) is 7.81. The smallest absolute Gasteiger partial charge is 0.0927 e. The van der Waals surface area contributed by atoms with Gasteiger partial charge in [0.25, 0.3) is 0 Å². The summed E-state index contributed by atoms with van der Waals surface area (Å²) in [5, 5.41) is 3.57. The van der Waals surface area contributed by atoms with Crippen molar-refractivity contribution in [3.63, 3.8) is 0 Å². The van der Waals surface area contributed by atoms with Crippen molar-refractivity contribution in [3.05, 3.63) is 127 Å². The van der Waals surface area contributed by atoms with E-state index in [4.69, 9.17) is 43.2 Å². The minimum absolute atomic E-state index is 0. The van der Waals surface area contributed by atoms with Gasteiger partial charge in [-0.3, -0.25) is 0 Å². The van der Waals surface area contributed by atoms with Gasteiger partial charge in [-0.2, -0.15) is 0 Å². The summed E-state index contributed by atoms with van der Waals surface area (Å²) in [6, 6.07) is 31.8. The zero-order chi connectivity index (χ0) is 28.2. The Labute approximate surface area is 279 Å². The zero-order valence-corrected chi connectivity index (χ0v) is 27.3. The molecule has 2 aliphatic heterocycles. The molecule has 0 saturated carbocycles. The Bertz CT molecular complexity index is 2060. The minimum atomic E-state index is 0. The number of fused-ring (bicyclic) bond motifs is 20. The van der Waals surface area contributed by atoms with Crippen molar-refractivity contribution in [2.45, 2.75) is 0 Å². The average Bonchev–Trinajstić information content (AvgIpc) is 3.78. The second-order valence-electron chi connectivity index (χ2n) is 9.67. The summed E-state index contributed by atoms with van der Waals surface area (Å²) in [5.74, 6) is 2.21. The Hall–Kier alpha value is -5.25. The molecule has 8 bridgehead atoms. The van der Waals surface area contributed by atoms with E-state index in [1.54, 1.807) is 0 Å². The van der Waals surface area contributed by atoms with Crippen molar-refractivity contribution in [2.24, 2.45) is 0 Å². The molecule has 7 aromatic rings. The molecule has 4 aromatic carbocycles. The molecular formula is C36H28N8OTi-6. The molecule has 0 amide bonds. The average molecular weight is 637 g/mol. The fourth-order valence-corrected chi connectivity index (χ4v) is 5.46. The maximum absolute atomic E-state index is 8.25. The minimum Gasteiger partial charge on any atom is -0.357 e. The van der Waals surface area contributed by atoms with Crippen LogP contribution in [0.3, 0.4) is 0 Å². The molecule has 228 valence electrons. The molecule has 9 rings (SSSR count). The molecule has 3 aromatic heterocycles. The van der Waals surface area contributed by atoms with E-state index in [9.17, 15) is 0 Å². The monoisotopic (exact) mass is 636 g/mol. The van der Waals surface area contributed by atoms with Gasteiger partial charge >= 0.3 is 23.7 Å². The van der Waals surface area contributed by atoms with Gasteiger partial charge in [0.2, 0.25) is 0 Å². The molecule has 46 heavy (non-hydrogen) atoms. The number of aromatic nitrogens is 8. The van der Waals surface area contributed by atoms with Gasteiger partial charge in [0.05, 0.1) is 23.3 Å². The number of benzene rings is 4. The van der Waals surface area contributed by atoms with Gasteiger partial charge in [0.1, 0.15) is 0 Å². The van der Waals surface area contributed by atoms with Gasteiger partial charge in [-0.15, -0.1) is 0 Å². The van der Waals surface area contributed by atoms with Crippen molar-refractivity contribution < 1.29 is 23.7 Å². The van der Waals surface area contributed by atoms with E-state index < -0.39 is 0 Å². The van der Waals surface area contributed by atoms with Crippen LogP contribution in [0.15, 0.2) is 97.1 Å². The van der Waals surface area contributed by atoms with Crippen molar-refractivity contribution in [1.29, 1.82) is 0 Å². The van der Waals surface area contributed by atoms with Gasteiger partial charge in [-0.05, 0) is 21.5 Å². The van der Waals surface area contributed by atoms with Crippen LogP contribution in [0.4, 0.5) is 0 Å². The Morgan fingerprint density at radius 1 is 0.348 bits per heavy atom. The second-order valence-corrected chi connectivity index (χ2v) is 9.67. The van der Waals surface area contributed by atoms with E-state index >= 15 is 0 Å². The van der Waals surface area contributed by atoms with Crippen LogP contribution in [-0.2, 0) is 23.7 Å². The van der Waals surface area contributed by atoms with E-state index in [-0.39, 0.29) is 29.7 Å². The van der Waals surface area contributed by atoms with Crippen molar-refractivity contribution in [2.75, 3.05) is 0 Å². The van der Waals surface area contributed by atoms with E-state index in [0.717, 1.165) is 64.2 Å². The topological polar surface area (TPSA) is 123 Å². The van der Waals surface area contributed by atoms with E-state index in [2.05, 4.69) is 0 Å². The number of nitrogens with zero attached hydrogens (tertiary/aromatic N) is 8. The molecule has 0 spiro atoms. The Morgan fingerprint density at radius 2 is 0.565 bits per heavy atom. The molecule has 9 nitrogen and oxygen atoms in total. The Morgan fingerprint density at radius 3 is 0.804 bits per heavy atom. The fraction of sp³-hybridized carbons (Fsp3) is 0. The van der Waals surface area contributed by atoms with Gasteiger partial charge in [-0.1, -0.05) is 97.1 Å². The predicted molar refractivity (Wildman–Crippen MR) is 180 cm³/mol. The number of rotatable bonds is 0. The zero-order valence-electron chi connectivity index (χ0n) is 25.7. The van der Waals surface area contributed by atoms with Crippen molar-refractivity contribution in [1.82, 2.24) is 39.9 Å². The first-order valence-corrected chi connectivity index (χ1v) is 13.7. The van der Waals surface area contributed by atoms with Crippen LogP contribution in [0.5, 0.6) is 0 Å². The van der Waals surface area contributed by atoms with E-state index in [1.807, 2.05) is 97.1 Å². The fourth-order valence-electron chi connectivity index (χ4n) is 5.46. The first-order chi connectivity index (χ1) is 20.8. The molecule has 5 heterocycles. The van der Waals surface area contributed by atoms with Gasteiger partial charge < -0.3 is 59.6 Å². The Kier molecular flexibility index (Phi) is 9.80. The molecule has 0 N–H and O–H groups in total. The summed E-state index contributed by atoms with van der Waals surface area (Å²) in [6.45, 7) is 0.